The lowest BCUT2D eigenvalue weighted by Crippen LogP contribution is -2.30. The summed E-state index contributed by atoms with van der Waals surface area (Å²) in [6, 6.07) is 4.76. The smallest absolute Gasteiger partial charge is 0.274 e. The first-order chi connectivity index (χ1) is 19.0. The molecule has 3 aromatic heterocycles. The number of rotatable bonds is 11. The van der Waals surface area contributed by atoms with Crippen LogP contribution in [0.2, 0.25) is 0 Å². The molecule has 4 heterocycles. The molecule has 0 aromatic carbocycles. The molecule has 0 bridgehead atoms. The Morgan fingerprint density at radius 3 is 1.80 bits per heavy atom. The molecule has 0 unspecified atom stereocenters. The minimum absolute atomic E-state index is 0.109. The zero-order valence-corrected chi connectivity index (χ0v) is 23.6. The molecule has 4 amide bonds. The number of carbonyl (C=O) groups is 4. The van der Waals surface area contributed by atoms with Gasteiger partial charge < -0.3 is 44.6 Å². The van der Waals surface area contributed by atoms with Crippen LogP contribution in [0.25, 0.3) is 0 Å². The topological polar surface area (TPSA) is 153 Å². The maximum absolute atomic E-state index is 13.1. The molecule has 1 saturated heterocycles. The predicted molar refractivity (Wildman–Crippen MR) is 151 cm³/mol. The van der Waals surface area contributed by atoms with Gasteiger partial charge in [-0.25, -0.2) is 0 Å². The van der Waals surface area contributed by atoms with E-state index in [2.05, 4.69) is 25.2 Å². The number of nitrogens with zero attached hydrogens (tertiary/aromatic N) is 4. The molecular weight excluding hydrogens is 516 g/mol. The van der Waals surface area contributed by atoms with E-state index in [-0.39, 0.29) is 41.1 Å². The first-order valence-corrected chi connectivity index (χ1v) is 12.9. The third-order valence-electron chi connectivity index (χ3n) is 6.78. The maximum atomic E-state index is 13.1. The highest BCUT2D eigenvalue weighted by Gasteiger charge is 2.41. The monoisotopic (exact) mass is 552 g/mol. The van der Waals surface area contributed by atoms with Crippen LogP contribution in [0.1, 0.15) is 44.8 Å². The third-order valence-corrected chi connectivity index (χ3v) is 6.78. The summed E-state index contributed by atoms with van der Waals surface area (Å²) in [7, 11) is 8.92. The lowest BCUT2D eigenvalue weighted by molar-refractivity contribution is -0.117. The minimum atomic E-state index is -0.469. The van der Waals surface area contributed by atoms with E-state index in [0.29, 0.717) is 29.3 Å². The van der Waals surface area contributed by atoms with Crippen molar-refractivity contribution in [3.8, 4) is 0 Å². The highest BCUT2D eigenvalue weighted by molar-refractivity contribution is 6.09. The number of amides is 4. The van der Waals surface area contributed by atoms with E-state index >= 15 is 0 Å². The maximum Gasteiger partial charge on any atom is 0.274 e. The number of carbonyl (C=O) groups excluding carboxylic acids is 4. The molecule has 0 radical (unpaired) electrons. The van der Waals surface area contributed by atoms with Gasteiger partial charge in [0, 0.05) is 46.3 Å². The summed E-state index contributed by atoms with van der Waals surface area (Å²) < 4.78 is 5.16. The fourth-order valence-electron chi connectivity index (χ4n) is 4.19. The SMILES string of the molecule is C[C@H]1O[C@H]1C(=O)Nc1c[nH]c(C(=O)N(C)c2c[nH]c(C(=O)N(C)c3c[nH]c(C(=O)N(C)CCCN(C)C)c3)c2)c1. The summed E-state index contributed by atoms with van der Waals surface area (Å²) in [5, 5.41) is 2.71. The number of ether oxygens (including phenoxy) is 1. The Morgan fingerprint density at radius 1 is 0.775 bits per heavy atom. The van der Waals surface area contributed by atoms with Crippen molar-refractivity contribution in [2.75, 3.05) is 63.4 Å². The van der Waals surface area contributed by atoms with Crippen molar-refractivity contribution in [3.05, 3.63) is 53.9 Å². The normalized spacial score (nSPS) is 16.1. The summed E-state index contributed by atoms with van der Waals surface area (Å²) in [4.78, 5) is 66.2. The quantitative estimate of drug-likeness (QED) is 0.267. The van der Waals surface area contributed by atoms with E-state index in [1.165, 1.54) is 16.0 Å². The van der Waals surface area contributed by atoms with Gasteiger partial charge in [-0.1, -0.05) is 0 Å². The standard InChI is InChI=1S/C27H36N8O5/c1-16-23(40-16)24(36)31-17-10-20(28-13-17)26(38)34(5)19-12-22(30-15-19)27(39)35(6)18-11-21(29-14-18)25(37)33(4)9-7-8-32(2)3/h10-16,23,28-30H,7-9H2,1-6H3,(H,31,36)/t16-,23-/m1/s1. The molecule has 2 atom stereocenters. The van der Waals surface area contributed by atoms with Gasteiger partial charge in [0.25, 0.3) is 23.6 Å². The van der Waals surface area contributed by atoms with Crippen molar-refractivity contribution < 1.29 is 23.9 Å². The van der Waals surface area contributed by atoms with E-state index in [9.17, 15) is 19.2 Å². The molecule has 4 rings (SSSR count). The Balaban J connectivity index is 1.35. The van der Waals surface area contributed by atoms with Crippen molar-refractivity contribution in [1.82, 2.24) is 24.8 Å². The number of epoxide rings is 1. The van der Waals surface area contributed by atoms with Gasteiger partial charge in [-0.2, -0.15) is 0 Å². The second-order valence-corrected chi connectivity index (χ2v) is 10.2. The number of aromatic nitrogens is 3. The molecule has 0 aliphatic carbocycles. The first-order valence-electron chi connectivity index (χ1n) is 12.9. The van der Waals surface area contributed by atoms with Crippen LogP contribution in [0.3, 0.4) is 0 Å². The first kappa shape index (κ1) is 28.6. The molecule has 1 fully saturated rings. The second kappa shape index (κ2) is 11.8. The van der Waals surface area contributed by atoms with Crippen molar-refractivity contribution in [2.45, 2.75) is 25.6 Å². The van der Waals surface area contributed by atoms with Crippen molar-refractivity contribution >= 4 is 40.7 Å². The van der Waals surface area contributed by atoms with Crippen LogP contribution in [-0.4, -0.2) is 109 Å². The zero-order chi connectivity index (χ0) is 29.1. The van der Waals surface area contributed by atoms with Gasteiger partial charge in [0.15, 0.2) is 6.10 Å². The molecule has 0 saturated carbocycles. The second-order valence-electron chi connectivity index (χ2n) is 10.2. The van der Waals surface area contributed by atoms with Gasteiger partial charge in [-0.3, -0.25) is 19.2 Å². The fourth-order valence-corrected chi connectivity index (χ4v) is 4.19. The highest BCUT2D eigenvalue weighted by Crippen LogP contribution is 2.24. The fraction of sp³-hybridized carbons (Fsp3) is 0.407. The number of hydrogen-bond acceptors (Lipinski definition) is 6. The van der Waals surface area contributed by atoms with Crippen LogP contribution < -0.4 is 15.1 Å². The van der Waals surface area contributed by atoms with Gasteiger partial charge in [-0.15, -0.1) is 0 Å². The number of aromatic amines is 3. The van der Waals surface area contributed by atoms with Crippen molar-refractivity contribution in [3.63, 3.8) is 0 Å². The van der Waals surface area contributed by atoms with Crippen molar-refractivity contribution in [2.24, 2.45) is 0 Å². The number of anilines is 3. The molecule has 4 N–H and O–H groups in total. The van der Waals surface area contributed by atoms with Crippen LogP contribution in [0.4, 0.5) is 17.1 Å². The van der Waals surface area contributed by atoms with E-state index in [1.807, 2.05) is 21.0 Å². The molecule has 1 aliphatic rings. The third kappa shape index (κ3) is 6.43. The Labute approximate surface area is 232 Å². The zero-order valence-electron chi connectivity index (χ0n) is 23.6. The molecule has 1 aliphatic heterocycles. The van der Waals surface area contributed by atoms with Crippen LogP contribution in [0, 0.1) is 0 Å². The molecule has 214 valence electrons. The summed E-state index contributed by atoms with van der Waals surface area (Å²) in [6.07, 6.45) is 4.97. The Kier molecular flexibility index (Phi) is 8.45. The van der Waals surface area contributed by atoms with Crippen LogP contribution in [0.5, 0.6) is 0 Å². The summed E-state index contributed by atoms with van der Waals surface area (Å²) in [6.45, 7) is 3.30. The largest absolute Gasteiger partial charge is 0.359 e. The van der Waals surface area contributed by atoms with Crippen LogP contribution in [-0.2, 0) is 9.53 Å². The van der Waals surface area contributed by atoms with Crippen LogP contribution in [0.15, 0.2) is 36.8 Å². The average molecular weight is 553 g/mol. The van der Waals surface area contributed by atoms with E-state index in [4.69, 9.17) is 4.74 Å². The van der Waals surface area contributed by atoms with Crippen LogP contribution >= 0.6 is 0 Å². The van der Waals surface area contributed by atoms with Gasteiger partial charge in [0.1, 0.15) is 17.1 Å². The van der Waals surface area contributed by atoms with Gasteiger partial charge in [0.05, 0.1) is 23.2 Å². The lowest BCUT2D eigenvalue weighted by atomic mass is 10.3. The molecule has 0 spiro atoms. The Hall–Kier alpha value is -4.36. The number of H-pyrrole nitrogens is 3. The molecule has 40 heavy (non-hydrogen) atoms. The van der Waals surface area contributed by atoms with Gasteiger partial charge in [0.2, 0.25) is 0 Å². The molecular formula is C27H36N8O5. The van der Waals surface area contributed by atoms with E-state index in [0.717, 1.165) is 13.0 Å². The molecule has 13 heteroatoms. The molecule has 3 aromatic rings. The van der Waals surface area contributed by atoms with Gasteiger partial charge in [-0.05, 0) is 52.2 Å². The van der Waals surface area contributed by atoms with E-state index in [1.54, 1.807) is 56.6 Å². The number of hydrogen-bond donors (Lipinski definition) is 4. The van der Waals surface area contributed by atoms with E-state index < -0.39 is 6.10 Å². The number of nitrogens with one attached hydrogen (secondary N) is 4. The highest BCUT2D eigenvalue weighted by atomic mass is 16.6. The summed E-state index contributed by atoms with van der Waals surface area (Å²) in [5.41, 5.74) is 2.39. The Bertz CT molecular complexity index is 1390. The Morgan fingerprint density at radius 2 is 1.27 bits per heavy atom. The molecule has 13 nitrogen and oxygen atoms in total. The minimum Gasteiger partial charge on any atom is -0.359 e. The summed E-state index contributed by atoms with van der Waals surface area (Å²) in [5.74, 6) is -1.12. The van der Waals surface area contributed by atoms with Crippen molar-refractivity contribution in [1.29, 1.82) is 0 Å². The lowest BCUT2D eigenvalue weighted by Gasteiger charge is -2.18. The summed E-state index contributed by atoms with van der Waals surface area (Å²) >= 11 is 0. The average Bonchev–Trinajstić information content (AvgIpc) is 3.38. The van der Waals surface area contributed by atoms with Gasteiger partial charge >= 0.3 is 0 Å². The predicted octanol–water partition coefficient (Wildman–Crippen LogP) is 1.97.